The van der Waals surface area contributed by atoms with Crippen molar-refractivity contribution in [3.63, 3.8) is 0 Å². The van der Waals surface area contributed by atoms with Crippen LogP contribution in [0.1, 0.15) is 10.4 Å². The van der Waals surface area contributed by atoms with Gasteiger partial charge in [0.1, 0.15) is 0 Å². The van der Waals surface area contributed by atoms with Gasteiger partial charge in [0, 0.05) is 6.07 Å². The number of hydrogen-bond donors (Lipinski definition) is 2. The largest absolute Gasteiger partial charge is 0.410 e. The van der Waals surface area contributed by atoms with Crippen LogP contribution in [0.5, 0.6) is 0 Å². The third-order valence-corrected chi connectivity index (χ3v) is 2.38. The molecular weight excluding hydrogens is 268 g/mol. The summed E-state index contributed by atoms with van der Waals surface area (Å²) < 4.78 is 27.1. The number of benzene rings is 1. The Hall–Kier alpha value is -2.91. The lowest BCUT2D eigenvalue weighted by Gasteiger charge is -2.16. The van der Waals surface area contributed by atoms with Crippen molar-refractivity contribution in [3.05, 3.63) is 33.4 Å². The Morgan fingerprint density at radius 3 is 2.53 bits per heavy atom. The van der Waals surface area contributed by atoms with Crippen LogP contribution in [-0.2, 0) is 4.79 Å². The summed E-state index contributed by atoms with van der Waals surface area (Å²) in [6.45, 7) is 0. The molecule has 2 N–H and O–H groups in total. The molecule has 1 aliphatic heterocycles. The summed E-state index contributed by atoms with van der Waals surface area (Å²) in [6.07, 6.45) is 0. The van der Waals surface area contributed by atoms with Gasteiger partial charge in [-0.15, -0.1) is 0 Å². The predicted octanol–water partition coefficient (Wildman–Crippen LogP) is 0.838. The van der Waals surface area contributed by atoms with Crippen LogP contribution < -0.4 is 5.32 Å². The highest BCUT2D eigenvalue weighted by Crippen LogP contribution is 2.33. The molecule has 1 amide bonds. The Balaban J connectivity index is 2.79. The molecule has 0 saturated carbocycles. The maximum Gasteiger partial charge on any atom is 0.341 e. The first-order valence-corrected chi connectivity index (χ1v) is 4.63. The summed E-state index contributed by atoms with van der Waals surface area (Å²) in [6, 6.07) is 0.445. The van der Waals surface area contributed by atoms with Crippen molar-refractivity contribution in [3.8, 4) is 0 Å². The number of amides is 1. The van der Waals surface area contributed by atoms with Crippen LogP contribution >= 0.6 is 0 Å². The van der Waals surface area contributed by atoms with Gasteiger partial charge in [-0.2, -0.15) is 8.78 Å². The van der Waals surface area contributed by atoms with Gasteiger partial charge < -0.3 is 10.5 Å². The summed E-state index contributed by atoms with van der Waals surface area (Å²) in [5, 5.41) is 23.2. The van der Waals surface area contributed by atoms with Crippen molar-refractivity contribution < 1.29 is 28.5 Å². The van der Waals surface area contributed by atoms with E-state index in [0.717, 1.165) is 0 Å². The van der Waals surface area contributed by atoms with E-state index in [1.54, 1.807) is 0 Å². The van der Waals surface area contributed by atoms with Gasteiger partial charge in [-0.05, 0) is 0 Å². The average molecular weight is 271 g/mol. The molecule has 10 heteroatoms. The molecule has 8 nitrogen and oxygen atoms in total. The van der Waals surface area contributed by atoms with Gasteiger partial charge in [0.2, 0.25) is 23.1 Å². The van der Waals surface area contributed by atoms with Crippen LogP contribution in [0, 0.1) is 21.7 Å². The summed E-state index contributed by atoms with van der Waals surface area (Å²) in [7, 11) is 0. The molecule has 1 aliphatic rings. The number of hydrogen-bond acceptors (Lipinski definition) is 6. The van der Waals surface area contributed by atoms with Crippen molar-refractivity contribution in [1.82, 2.24) is 0 Å². The minimum Gasteiger partial charge on any atom is -0.410 e. The van der Waals surface area contributed by atoms with Gasteiger partial charge >= 0.3 is 5.69 Å². The molecular formula is C9H3F2N3O5. The van der Waals surface area contributed by atoms with Gasteiger partial charge in [-0.25, -0.2) is 0 Å². The van der Waals surface area contributed by atoms with E-state index < -0.39 is 50.9 Å². The van der Waals surface area contributed by atoms with E-state index in [0.29, 0.717) is 6.07 Å². The third-order valence-electron chi connectivity index (χ3n) is 2.38. The van der Waals surface area contributed by atoms with Crippen LogP contribution in [0.2, 0.25) is 0 Å². The molecule has 0 fully saturated rings. The van der Waals surface area contributed by atoms with Gasteiger partial charge in [0.25, 0.3) is 5.91 Å². The summed E-state index contributed by atoms with van der Waals surface area (Å²) >= 11 is 0. The molecule has 98 valence electrons. The minimum absolute atomic E-state index is 0.445. The highest BCUT2D eigenvalue weighted by Gasteiger charge is 2.38. The van der Waals surface area contributed by atoms with Crippen molar-refractivity contribution in [1.29, 1.82) is 0 Å². The number of fused-ring (bicyclic) bond motifs is 1. The number of ketones is 1. The molecule has 0 aromatic heterocycles. The predicted molar refractivity (Wildman–Crippen MR) is 55.2 cm³/mol. The molecule has 0 atom stereocenters. The summed E-state index contributed by atoms with van der Waals surface area (Å²) in [5.74, 6) is -5.83. The number of oxime groups is 1. The molecule has 1 heterocycles. The molecule has 0 saturated heterocycles. The maximum absolute atomic E-state index is 13.8. The zero-order valence-electron chi connectivity index (χ0n) is 8.81. The van der Waals surface area contributed by atoms with Gasteiger partial charge in [0.05, 0.1) is 16.2 Å². The molecule has 1 aromatic carbocycles. The van der Waals surface area contributed by atoms with Crippen LogP contribution in [-0.4, -0.2) is 27.5 Å². The van der Waals surface area contributed by atoms with E-state index in [1.165, 1.54) is 0 Å². The number of carbonyl (C=O) groups excluding carboxylic acids is 2. The normalized spacial score (nSPS) is 16.2. The van der Waals surface area contributed by atoms with E-state index >= 15 is 0 Å². The molecule has 0 spiro atoms. The van der Waals surface area contributed by atoms with E-state index in [4.69, 9.17) is 5.21 Å². The maximum atomic E-state index is 13.8. The number of nitro benzene ring substituents is 1. The van der Waals surface area contributed by atoms with E-state index in [-0.39, 0.29) is 0 Å². The smallest absolute Gasteiger partial charge is 0.341 e. The van der Waals surface area contributed by atoms with E-state index in [1.807, 2.05) is 5.32 Å². The van der Waals surface area contributed by atoms with Crippen LogP contribution in [0.3, 0.4) is 0 Å². The molecule has 1 aromatic rings. The topological polar surface area (TPSA) is 122 Å². The monoisotopic (exact) mass is 271 g/mol. The highest BCUT2D eigenvalue weighted by atomic mass is 19.1. The number of halogens is 2. The number of anilines is 1. The van der Waals surface area contributed by atoms with Crippen molar-refractivity contribution >= 4 is 28.8 Å². The van der Waals surface area contributed by atoms with Crippen LogP contribution in [0.25, 0.3) is 0 Å². The number of carbonyl (C=O) groups is 2. The van der Waals surface area contributed by atoms with Gasteiger partial charge in [-0.1, -0.05) is 5.16 Å². The lowest BCUT2D eigenvalue weighted by Crippen LogP contribution is -2.36. The quantitative estimate of drug-likeness (QED) is 0.445. The Morgan fingerprint density at radius 1 is 1.37 bits per heavy atom. The third kappa shape index (κ3) is 1.69. The molecule has 0 unspecified atom stereocenters. The second kappa shape index (κ2) is 4.08. The van der Waals surface area contributed by atoms with Crippen molar-refractivity contribution in [2.24, 2.45) is 5.16 Å². The van der Waals surface area contributed by atoms with Crippen LogP contribution in [0.15, 0.2) is 11.2 Å². The number of nitrogens with zero attached hydrogens (tertiary/aromatic N) is 2. The summed E-state index contributed by atoms with van der Waals surface area (Å²) in [4.78, 5) is 32.0. The Labute approximate surface area is 102 Å². The van der Waals surface area contributed by atoms with E-state index in [9.17, 15) is 28.5 Å². The second-order valence-corrected chi connectivity index (χ2v) is 3.43. The molecule has 2 rings (SSSR count). The minimum atomic E-state index is -1.74. The molecule has 0 aliphatic carbocycles. The lowest BCUT2D eigenvalue weighted by atomic mass is 9.98. The van der Waals surface area contributed by atoms with Gasteiger partial charge in [-0.3, -0.25) is 19.7 Å². The standard InChI is InChI=1S/C9H3F2N3O5/c10-2-1-3-4(5(11)7(2)14(18)19)8(15)6(13-17)9(16)12-3/h1,17H,(H,12,16). The molecule has 19 heavy (non-hydrogen) atoms. The highest BCUT2D eigenvalue weighted by molar-refractivity contribution is 6.72. The second-order valence-electron chi connectivity index (χ2n) is 3.43. The van der Waals surface area contributed by atoms with E-state index in [2.05, 4.69) is 5.16 Å². The zero-order chi connectivity index (χ0) is 14.3. The number of nitrogens with one attached hydrogen (secondary N) is 1. The fraction of sp³-hybridized carbons (Fsp3) is 0. The Bertz CT molecular complexity index is 670. The van der Waals surface area contributed by atoms with Gasteiger partial charge in [0.15, 0.2) is 0 Å². The number of nitro groups is 1. The molecule has 0 radical (unpaired) electrons. The SMILES string of the molecule is O=C1Nc2cc(F)c([N+](=O)[O-])c(F)c2C(=O)C1=NO. The fourth-order valence-electron chi connectivity index (χ4n) is 1.59. The first-order valence-electron chi connectivity index (χ1n) is 4.63. The fourth-order valence-corrected chi connectivity index (χ4v) is 1.59. The lowest BCUT2D eigenvalue weighted by molar-refractivity contribution is -0.390. The Morgan fingerprint density at radius 2 is 2.00 bits per heavy atom. The number of rotatable bonds is 1. The molecule has 0 bridgehead atoms. The Kier molecular flexibility index (Phi) is 2.70. The first kappa shape index (κ1) is 12.5. The zero-order valence-corrected chi connectivity index (χ0v) is 8.81. The van der Waals surface area contributed by atoms with Crippen molar-refractivity contribution in [2.75, 3.05) is 5.32 Å². The summed E-state index contributed by atoms with van der Waals surface area (Å²) in [5.41, 5.74) is -4.07. The first-order chi connectivity index (χ1) is 8.88. The number of Topliss-reactive ketones (excluding diaryl/α,β-unsaturated/α-hetero) is 1. The van der Waals surface area contributed by atoms with Crippen molar-refractivity contribution in [2.45, 2.75) is 0 Å². The average Bonchev–Trinajstić information content (AvgIpc) is 2.27. The van der Waals surface area contributed by atoms with Crippen LogP contribution in [0.4, 0.5) is 20.2 Å².